The minimum Gasteiger partial charge on any atom is -0.340 e. The summed E-state index contributed by atoms with van der Waals surface area (Å²) in [5.74, 6) is -0.996. The molecule has 0 spiro atoms. The van der Waals surface area contributed by atoms with Crippen molar-refractivity contribution in [3.8, 4) is 0 Å². The van der Waals surface area contributed by atoms with Gasteiger partial charge in [-0.3, -0.25) is 25.2 Å². The minimum atomic E-state index is -0.809. The van der Waals surface area contributed by atoms with E-state index in [1.807, 2.05) is 36.4 Å². The molecule has 1 atom stereocenters. The van der Waals surface area contributed by atoms with E-state index in [0.717, 1.165) is 37.7 Å². The van der Waals surface area contributed by atoms with Crippen molar-refractivity contribution in [2.45, 2.75) is 44.6 Å². The van der Waals surface area contributed by atoms with E-state index in [0.29, 0.717) is 12.0 Å². The molecule has 3 amide bonds. The number of benzene rings is 2. The van der Waals surface area contributed by atoms with Crippen LogP contribution in [0.1, 0.15) is 48.0 Å². The number of nitrogens with one attached hydrogen (secondary N) is 3. The summed E-state index contributed by atoms with van der Waals surface area (Å²) in [4.78, 5) is 37.6. The van der Waals surface area contributed by atoms with Crippen molar-refractivity contribution >= 4 is 17.7 Å². The Morgan fingerprint density at radius 2 is 1.45 bits per heavy atom. The van der Waals surface area contributed by atoms with Crippen LogP contribution < -0.4 is 16.2 Å². The molecule has 0 bridgehead atoms. The Labute approximate surface area is 171 Å². The molecule has 6 nitrogen and oxygen atoms in total. The van der Waals surface area contributed by atoms with Gasteiger partial charge in [-0.15, -0.1) is 0 Å². The SMILES string of the molecule is O=C(N[C@H](Cc1ccccc1)C(=O)NNC(=O)C1CCCCC1)c1ccccc1. The lowest BCUT2D eigenvalue weighted by Gasteiger charge is -2.23. The predicted octanol–water partition coefficient (Wildman–Crippen LogP) is 2.76. The van der Waals surface area contributed by atoms with E-state index in [-0.39, 0.29) is 17.7 Å². The van der Waals surface area contributed by atoms with Crippen LogP contribution in [0.15, 0.2) is 60.7 Å². The van der Waals surface area contributed by atoms with E-state index in [1.54, 1.807) is 24.3 Å². The van der Waals surface area contributed by atoms with Gasteiger partial charge in [0.15, 0.2) is 0 Å². The van der Waals surface area contributed by atoms with Crippen LogP contribution in [0.25, 0.3) is 0 Å². The third kappa shape index (κ3) is 6.17. The first-order valence-corrected chi connectivity index (χ1v) is 10.1. The maximum atomic E-state index is 12.8. The number of amides is 3. The molecule has 0 heterocycles. The highest BCUT2D eigenvalue weighted by Crippen LogP contribution is 2.23. The second-order valence-electron chi connectivity index (χ2n) is 7.40. The lowest BCUT2D eigenvalue weighted by Crippen LogP contribution is -2.54. The van der Waals surface area contributed by atoms with Crippen LogP contribution in [0.4, 0.5) is 0 Å². The summed E-state index contributed by atoms with van der Waals surface area (Å²) >= 11 is 0. The molecular formula is C23H27N3O3. The molecule has 152 valence electrons. The molecule has 3 N–H and O–H groups in total. The first kappa shape index (κ1) is 20.6. The molecule has 6 heteroatoms. The van der Waals surface area contributed by atoms with Crippen LogP contribution in [0.5, 0.6) is 0 Å². The van der Waals surface area contributed by atoms with Crippen molar-refractivity contribution in [3.05, 3.63) is 71.8 Å². The van der Waals surface area contributed by atoms with Gasteiger partial charge in [0.25, 0.3) is 11.8 Å². The Hall–Kier alpha value is -3.15. The van der Waals surface area contributed by atoms with E-state index in [2.05, 4.69) is 16.2 Å². The molecule has 1 saturated carbocycles. The normalized spacial score (nSPS) is 15.2. The average molecular weight is 393 g/mol. The van der Waals surface area contributed by atoms with E-state index in [9.17, 15) is 14.4 Å². The van der Waals surface area contributed by atoms with Crippen molar-refractivity contribution < 1.29 is 14.4 Å². The Bertz CT molecular complexity index is 818. The van der Waals surface area contributed by atoms with Gasteiger partial charge < -0.3 is 5.32 Å². The van der Waals surface area contributed by atoms with Crippen LogP contribution in [0, 0.1) is 5.92 Å². The van der Waals surface area contributed by atoms with Crippen LogP contribution in [0.2, 0.25) is 0 Å². The fourth-order valence-corrected chi connectivity index (χ4v) is 3.57. The minimum absolute atomic E-state index is 0.0597. The molecule has 0 radical (unpaired) electrons. The van der Waals surface area contributed by atoms with Crippen molar-refractivity contribution in [3.63, 3.8) is 0 Å². The van der Waals surface area contributed by atoms with Gasteiger partial charge in [-0.25, -0.2) is 0 Å². The third-order valence-electron chi connectivity index (χ3n) is 5.23. The van der Waals surface area contributed by atoms with Crippen molar-refractivity contribution in [2.75, 3.05) is 0 Å². The number of hydrogen-bond acceptors (Lipinski definition) is 3. The summed E-state index contributed by atoms with van der Waals surface area (Å²) in [7, 11) is 0. The summed E-state index contributed by atoms with van der Waals surface area (Å²) in [6.07, 6.45) is 5.25. The van der Waals surface area contributed by atoms with Gasteiger partial charge in [-0.1, -0.05) is 67.8 Å². The number of carbonyl (C=O) groups excluding carboxylic acids is 3. The fraction of sp³-hybridized carbons (Fsp3) is 0.348. The maximum absolute atomic E-state index is 12.8. The monoisotopic (exact) mass is 393 g/mol. The van der Waals surface area contributed by atoms with E-state index >= 15 is 0 Å². The molecule has 2 aromatic rings. The molecular weight excluding hydrogens is 366 g/mol. The molecule has 1 aliphatic rings. The predicted molar refractivity (Wildman–Crippen MR) is 111 cm³/mol. The average Bonchev–Trinajstić information content (AvgIpc) is 2.78. The smallest absolute Gasteiger partial charge is 0.261 e. The van der Waals surface area contributed by atoms with E-state index in [4.69, 9.17) is 0 Å². The van der Waals surface area contributed by atoms with Crippen molar-refractivity contribution in [1.29, 1.82) is 0 Å². The van der Waals surface area contributed by atoms with Gasteiger partial charge in [0, 0.05) is 17.9 Å². The second kappa shape index (κ2) is 10.4. The zero-order valence-electron chi connectivity index (χ0n) is 16.4. The van der Waals surface area contributed by atoms with Crippen molar-refractivity contribution in [1.82, 2.24) is 16.2 Å². The van der Waals surface area contributed by atoms with Gasteiger partial charge in [-0.05, 0) is 30.5 Å². The molecule has 0 aromatic heterocycles. The van der Waals surface area contributed by atoms with Crippen LogP contribution in [-0.4, -0.2) is 23.8 Å². The number of carbonyl (C=O) groups is 3. The number of rotatable bonds is 6. The Morgan fingerprint density at radius 3 is 2.10 bits per heavy atom. The van der Waals surface area contributed by atoms with Crippen LogP contribution in [-0.2, 0) is 16.0 Å². The quantitative estimate of drug-likeness (QED) is 0.660. The largest absolute Gasteiger partial charge is 0.340 e. The van der Waals surface area contributed by atoms with E-state index < -0.39 is 11.9 Å². The highest BCUT2D eigenvalue weighted by molar-refractivity contribution is 5.97. The zero-order chi connectivity index (χ0) is 20.5. The molecule has 3 rings (SSSR count). The molecule has 1 aliphatic carbocycles. The standard InChI is InChI=1S/C23H27N3O3/c27-21(18-12-6-2-7-13-18)24-20(16-17-10-4-1-5-11-17)23(29)26-25-22(28)19-14-8-3-9-15-19/h1-2,4-7,10-13,19-20H,3,8-9,14-16H2,(H,24,27)(H,25,28)(H,26,29)/t20-/m1/s1. The van der Waals surface area contributed by atoms with Gasteiger partial charge in [0.1, 0.15) is 6.04 Å². The first-order valence-electron chi connectivity index (χ1n) is 10.1. The third-order valence-corrected chi connectivity index (χ3v) is 5.23. The Balaban J connectivity index is 1.63. The molecule has 0 saturated heterocycles. The van der Waals surface area contributed by atoms with Gasteiger partial charge >= 0.3 is 0 Å². The molecule has 29 heavy (non-hydrogen) atoms. The van der Waals surface area contributed by atoms with Crippen LogP contribution in [0.3, 0.4) is 0 Å². The topological polar surface area (TPSA) is 87.3 Å². The van der Waals surface area contributed by atoms with E-state index in [1.165, 1.54) is 0 Å². The molecule has 0 unspecified atom stereocenters. The van der Waals surface area contributed by atoms with Crippen molar-refractivity contribution in [2.24, 2.45) is 5.92 Å². The van der Waals surface area contributed by atoms with Gasteiger partial charge in [-0.2, -0.15) is 0 Å². The highest BCUT2D eigenvalue weighted by Gasteiger charge is 2.25. The number of hydrogen-bond donors (Lipinski definition) is 3. The first-order chi connectivity index (χ1) is 14.1. The summed E-state index contributed by atoms with van der Waals surface area (Å²) < 4.78 is 0. The maximum Gasteiger partial charge on any atom is 0.261 e. The Morgan fingerprint density at radius 1 is 0.828 bits per heavy atom. The molecule has 1 fully saturated rings. The van der Waals surface area contributed by atoms with Crippen LogP contribution >= 0.6 is 0 Å². The number of hydrazine groups is 1. The summed E-state index contributed by atoms with van der Waals surface area (Å²) in [6.45, 7) is 0. The fourth-order valence-electron chi connectivity index (χ4n) is 3.57. The summed E-state index contributed by atoms with van der Waals surface area (Å²) in [6, 6.07) is 17.4. The highest BCUT2D eigenvalue weighted by atomic mass is 16.2. The lowest BCUT2D eigenvalue weighted by atomic mass is 9.89. The van der Waals surface area contributed by atoms with Gasteiger partial charge in [0.05, 0.1) is 0 Å². The summed E-state index contributed by atoms with van der Waals surface area (Å²) in [5, 5.41) is 2.78. The second-order valence-corrected chi connectivity index (χ2v) is 7.40. The molecule has 0 aliphatic heterocycles. The lowest BCUT2D eigenvalue weighted by molar-refractivity contribution is -0.132. The zero-order valence-corrected chi connectivity index (χ0v) is 16.4. The summed E-state index contributed by atoms with van der Waals surface area (Å²) in [5.41, 5.74) is 6.44. The Kier molecular flexibility index (Phi) is 7.39. The molecule has 2 aromatic carbocycles. The van der Waals surface area contributed by atoms with Gasteiger partial charge in [0.2, 0.25) is 5.91 Å².